The van der Waals surface area contributed by atoms with Crippen LogP contribution in [0.1, 0.15) is 52.4 Å². The van der Waals surface area contributed by atoms with Crippen molar-refractivity contribution in [3.63, 3.8) is 0 Å². The number of carbonyl (C=O) groups is 2. The SMILES string of the molecule is CC(C(=O)N[C@@H]1CCc2ccc(C(=O)O)cc21)c1ccccc1Cl. The van der Waals surface area contributed by atoms with Crippen molar-refractivity contribution >= 4 is 23.5 Å². The molecule has 24 heavy (non-hydrogen) atoms. The molecule has 2 aromatic rings. The molecule has 0 saturated heterocycles. The third-order valence-corrected chi connectivity index (χ3v) is 4.90. The average molecular weight is 344 g/mol. The Morgan fingerprint density at radius 2 is 2.00 bits per heavy atom. The van der Waals surface area contributed by atoms with Crippen LogP contribution in [0.15, 0.2) is 42.5 Å². The summed E-state index contributed by atoms with van der Waals surface area (Å²) in [6, 6.07) is 12.3. The van der Waals surface area contributed by atoms with Crippen molar-refractivity contribution in [3.05, 3.63) is 69.7 Å². The van der Waals surface area contributed by atoms with E-state index >= 15 is 0 Å². The van der Waals surface area contributed by atoms with Crippen molar-refractivity contribution < 1.29 is 14.7 Å². The van der Waals surface area contributed by atoms with E-state index in [1.54, 1.807) is 18.2 Å². The minimum Gasteiger partial charge on any atom is -0.478 e. The lowest BCUT2D eigenvalue weighted by Gasteiger charge is -2.19. The molecule has 2 aromatic carbocycles. The molecule has 0 heterocycles. The Balaban J connectivity index is 1.79. The fourth-order valence-corrected chi connectivity index (χ4v) is 3.45. The Bertz CT molecular complexity index is 803. The first-order valence-electron chi connectivity index (χ1n) is 7.88. The molecule has 2 N–H and O–H groups in total. The Morgan fingerprint density at radius 3 is 2.71 bits per heavy atom. The second kappa shape index (κ2) is 6.65. The average Bonchev–Trinajstić information content (AvgIpc) is 2.96. The number of fused-ring (bicyclic) bond motifs is 1. The molecule has 2 atom stereocenters. The van der Waals surface area contributed by atoms with Gasteiger partial charge in [-0.05, 0) is 54.7 Å². The highest BCUT2D eigenvalue weighted by atomic mass is 35.5. The number of aryl methyl sites for hydroxylation is 1. The van der Waals surface area contributed by atoms with E-state index in [9.17, 15) is 9.59 Å². The van der Waals surface area contributed by atoms with Gasteiger partial charge in [0.2, 0.25) is 5.91 Å². The van der Waals surface area contributed by atoms with E-state index < -0.39 is 5.97 Å². The Kier molecular flexibility index (Phi) is 4.58. The molecule has 0 spiro atoms. The van der Waals surface area contributed by atoms with Gasteiger partial charge in [0, 0.05) is 5.02 Å². The minimum atomic E-state index is -0.959. The molecule has 124 valence electrons. The summed E-state index contributed by atoms with van der Waals surface area (Å²) in [6.07, 6.45) is 1.61. The first kappa shape index (κ1) is 16.5. The molecule has 1 aliphatic carbocycles. The fraction of sp³-hybridized carbons (Fsp3) is 0.263. The number of nitrogens with one attached hydrogen (secondary N) is 1. The highest BCUT2D eigenvalue weighted by molar-refractivity contribution is 6.31. The van der Waals surface area contributed by atoms with Crippen molar-refractivity contribution in [3.8, 4) is 0 Å². The van der Waals surface area contributed by atoms with E-state index in [0.717, 1.165) is 29.5 Å². The zero-order valence-corrected chi connectivity index (χ0v) is 14.0. The zero-order chi connectivity index (χ0) is 17.3. The lowest BCUT2D eigenvalue weighted by molar-refractivity contribution is -0.123. The van der Waals surface area contributed by atoms with E-state index in [-0.39, 0.29) is 23.4 Å². The molecule has 0 bridgehead atoms. The van der Waals surface area contributed by atoms with E-state index in [4.69, 9.17) is 16.7 Å². The predicted octanol–water partition coefficient (Wildman–Crippen LogP) is 3.95. The van der Waals surface area contributed by atoms with Gasteiger partial charge in [-0.2, -0.15) is 0 Å². The van der Waals surface area contributed by atoms with Crippen molar-refractivity contribution in [2.75, 3.05) is 0 Å². The third-order valence-electron chi connectivity index (χ3n) is 4.55. The van der Waals surface area contributed by atoms with Gasteiger partial charge in [-0.3, -0.25) is 4.79 Å². The normalized spacial score (nSPS) is 17.2. The third kappa shape index (κ3) is 3.15. The van der Waals surface area contributed by atoms with Gasteiger partial charge in [0.25, 0.3) is 0 Å². The van der Waals surface area contributed by atoms with Crippen molar-refractivity contribution in [2.24, 2.45) is 0 Å². The largest absolute Gasteiger partial charge is 0.478 e. The number of carboxylic acid groups (broad SMARTS) is 1. The first-order valence-corrected chi connectivity index (χ1v) is 8.26. The van der Waals surface area contributed by atoms with E-state index in [0.29, 0.717) is 5.02 Å². The number of rotatable bonds is 4. The van der Waals surface area contributed by atoms with Crippen LogP contribution >= 0.6 is 11.6 Å². The first-order chi connectivity index (χ1) is 11.5. The number of halogens is 1. The van der Waals surface area contributed by atoms with E-state index in [1.165, 1.54) is 0 Å². The summed E-state index contributed by atoms with van der Waals surface area (Å²) in [4.78, 5) is 23.8. The second-order valence-corrected chi connectivity index (χ2v) is 6.47. The molecule has 0 aromatic heterocycles. The smallest absolute Gasteiger partial charge is 0.335 e. The molecular formula is C19H18ClNO3. The van der Waals surface area contributed by atoms with Crippen molar-refractivity contribution in [2.45, 2.75) is 31.7 Å². The maximum absolute atomic E-state index is 12.6. The van der Waals surface area contributed by atoms with E-state index in [1.807, 2.05) is 31.2 Å². The summed E-state index contributed by atoms with van der Waals surface area (Å²) in [6.45, 7) is 1.82. The summed E-state index contributed by atoms with van der Waals surface area (Å²) in [5, 5.41) is 12.8. The summed E-state index contributed by atoms with van der Waals surface area (Å²) >= 11 is 6.17. The molecule has 1 aliphatic rings. The van der Waals surface area contributed by atoms with Crippen LogP contribution in [0.5, 0.6) is 0 Å². The van der Waals surface area contributed by atoms with Crippen LogP contribution in [0.2, 0.25) is 5.02 Å². The van der Waals surface area contributed by atoms with Gasteiger partial charge in [0.05, 0.1) is 17.5 Å². The number of amides is 1. The monoisotopic (exact) mass is 343 g/mol. The molecule has 3 rings (SSSR count). The second-order valence-electron chi connectivity index (χ2n) is 6.06. The number of carbonyl (C=O) groups excluding carboxylic acids is 1. The van der Waals surface area contributed by atoms with Crippen LogP contribution in [-0.2, 0) is 11.2 Å². The topological polar surface area (TPSA) is 66.4 Å². The molecular weight excluding hydrogens is 326 g/mol. The Labute approximate surface area is 145 Å². The van der Waals surface area contributed by atoms with Crippen molar-refractivity contribution in [1.29, 1.82) is 0 Å². The molecule has 0 aliphatic heterocycles. The fourth-order valence-electron chi connectivity index (χ4n) is 3.15. The number of hydrogen-bond acceptors (Lipinski definition) is 2. The van der Waals surface area contributed by atoms with Crippen LogP contribution in [0.4, 0.5) is 0 Å². The zero-order valence-electron chi connectivity index (χ0n) is 13.3. The van der Waals surface area contributed by atoms with Gasteiger partial charge in [0.1, 0.15) is 0 Å². The van der Waals surface area contributed by atoms with Crippen LogP contribution in [-0.4, -0.2) is 17.0 Å². The standard InChI is InChI=1S/C19H18ClNO3/c1-11(14-4-2-3-5-16(14)20)18(22)21-17-9-8-12-6-7-13(19(23)24)10-15(12)17/h2-7,10-11,17H,8-9H2,1H3,(H,21,22)(H,23,24)/t11?,17-/m1/s1. The minimum absolute atomic E-state index is 0.110. The molecule has 1 amide bonds. The van der Waals surface area contributed by atoms with Crippen molar-refractivity contribution in [1.82, 2.24) is 5.32 Å². The molecule has 5 heteroatoms. The summed E-state index contributed by atoms with van der Waals surface area (Å²) < 4.78 is 0. The van der Waals surface area contributed by atoms with Gasteiger partial charge in [-0.25, -0.2) is 4.79 Å². The molecule has 0 fully saturated rings. The number of carboxylic acids is 1. The Hall–Kier alpha value is -2.33. The predicted molar refractivity (Wildman–Crippen MR) is 92.5 cm³/mol. The highest BCUT2D eigenvalue weighted by Gasteiger charge is 2.27. The van der Waals surface area contributed by atoms with Gasteiger partial charge in [-0.1, -0.05) is 35.9 Å². The molecule has 0 saturated carbocycles. The maximum atomic E-state index is 12.6. The van der Waals surface area contributed by atoms with Crippen LogP contribution in [0.25, 0.3) is 0 Å². The number of aromatic carboxylic acids is 1. The van der Waals surface area contributed by atoms with Gasteiger partial charge in [-0.15, -0.1) is 0 Å². The van der Waals surface area contributed by atoms with Crippen LogP contribution in [0, 0.1) is 0 Å². The van der Waals surface area contributed by atoms with Gasteiger partial charge in [0.15, 0.2) is 0 Å². The molecule has 1 unspecified atom stereocenters. The summed E-state index contributed by atoms with van der Waals surface area (Å²) in [7, 11) is 0. The van der Waals surface area contributed by atoms with Crippen LogP contribution < -0.4 is 5.32 Å². The molecule has 0 radical (unpaired) electrons. The van der Waals surface area contributed by atoms with E-state index in [2.05, 4.69) is 5.32 Å². The number of benzene rings is 2. The maximum Gasteiger partial charge on any atom is 0.335 e. The lowest BCUT2D eigenvalue weighted by atomic mass is 9.99. The lowest BCUT2D eigenvalue weighted by Crippen LogP contribution is -2.31. The highest BCUT2D eigenvalue weighted by Crippen LogP contribution is 2.33. The number of hydrogen-bond donors (Lipinski definition) is 2. The van der Waals surface area contributed by atoms with Crippen LogP contribution in [0.3, 0.4) is 0 Å². The van der Waals surface area contributed by atoms with Gasteiger partial charge < -0.3 is 10.4 Å². The summed E-state index contributed by atoms with van der Waals surface area (Å²) in [5.74, 6) is -1.44. The van der Waals surface area contributed by atoms with Gasteiger partial charge >= 0.3 is 5.97 Å². The summed E-state index contributed by atoms with van der Waals surface area (Å²) in [5.41, 5.74) is 3.02. The quantitative estimate of drug-likeness (QED) is 0.883. The molecule has 4 nitrogen and oxygen atoms in total. The Morgan fingerprint density at radius 1 is 1.25 bits per heavy atom.